The third kappa shape index (κ3) is 3.32. The number of carbonyl (C=O) groups excluding carboxylic acids is 2. The second kappa shape index (κ2) is 6.29. The van der Waals surface area contributed by atoms with E-state index < -0.39 is 58.4 Å². The van der Waals surface area contributed by atoms with Gasteiger partial charge in [0, 0.05) is 19.2 Å². The molecule has 6 nitrogen and oxygen atoms in total. The number of amides is 2. The van der Waals surface area contributed by atoms with Gasteiger partial charge in [-0.1, -0.05) is 30.3 Å². The number of likely N-dealkylation sites (tertiary alicyclic amines) is 2. The first-order chi connectivity index (χ1) is 12.0. The summed E-state index contributed by atoms with van der Waals surface area (Å²) in [5.74, 6) is -2.03. The fraction of sp³-hybridized carbons (Fsp3) is 0.529. The minimum absolute atomic E-state index is 0.0963. The van der Waals surface area contributed by atoms with Crippen LogP contribution in [0.1, 0.15) is 12.0 Å². The number of alkyl halides is 2. The molecule has 9 heteroatoms. The van der Waals surface area contributed by atoms with Crippen LogP contribution < -0.4 is 0 Å². The van der Waals surface area contributed by atoms with E-state index in [4.69, 9.17) is 0 Å². The van der Waals surface area contributed by atoms with Crippen molar-refractivity contribution in [2.75, 3.05) is 31.6 Å². The fourth-order valence-electron chi connectivity index (χ4n) is 3.49. The molecule has 26 heavy (non-hydrogen) atoms. The van der Waals surface area contributed by atoms with E-state index in [1.165, 1.54) is 0 Å². The highest BCUT2D eigenvalue weighted by atomic mass is 32.2. The topological polar surface area (TPSA) is 74.8 Å². The third-order valence-corrected chi connectivity index (χ3v) is 5.83. The predicted molar refractivity (Wildman–Crippen MR) is 90.4 cm³/mol. The normalized spacial score (nSPS) is 28.5. The van der Waals surface area contributed by atoms with Crippen molar-refractivity contribution in [3.63, 3.8) is 0 Å². The van der Waals surface area contributed by atoms with Gasteiger partial charge < -0.3 is 9.80 Å². The summed E-state index contributed by atoms with van der Waals surface area (Å²) < 4.78 is 52.8. The number of fused-ring (bicyclic) bond motifs is 1. The van der Waals surface area contributed by atoms with E-state index in [0.29, 0.717) is 0 Å². The van der Waals surface area contributed by atoms with Crippen molar-refractivity contribution < 1.29 is 26.8 Å². The molecule has 2 saturated heterocycles. The minimum Gasteiger partial charge on any atom is -0.335 e. The van der Waals surface area contributed by atoms with Gasteiger partial charge in [-0.3, -0.25) is 9.59 Å². The molecule has 2 heterocycles. The Labute approximate surface area is 150 Å². The van der Waals surface area contributed by atoms with Gasteiger partial charge in [0.2, 0.25) is 11.6 Å². The number of benzene rings is 1. The average molecular weight is 386 g/mol. The maximum atomic E-state index is 15.2. The Morgan fingerprint density at radius 2 is 1.81 bits per heavy atom. The van der Waals surface area contributed by atoms with Crippen molar-refractivity contribution in [3.8, 4) is 0 Å². The zero-order valence-electron chi connectivity index (χ0n) is 14.3. The largest absolute Gasteiger partial charge is 0.335 e. The summed E-state index contributed by atoms with van der Waals surface area (Å²) in [6.07, 6.45) is 0.629. The molecule has 1 aromatic rings. The van der Waals surface area contributed by atoms with Gasteiger partial charge in [-0.2, -0.15) is 0 Å². The highest BCUT2D eigenvalue weighted by Gasteiger charge is 2.71. The van der Waals surface area contributed by atoms with Crippen LogP contribution in [0.5, 0.6) is 0 Å². The molecule has 1 aromatic carbocycles. The van der Waals surface area contributed by atoms with Crippen molar-refractivity contribution in [3.05, 3.63) is 35.9 Å². The molecule has 2 aliphatic rings. The molecule has 2 fully saturated rings. The lowest BCUT2D eigenvalue weighted by Gasteiger charge is -2.22. The number of rotatable bonds is 5. The van der Waals surface area contributed by atoms with E-state index in [0.717, 1.165) is 21.6 Å². The lowest BCUT2D eigenvalue weighted by atomic mass is 9.93. The van der Waals surface area contributed by atoms with E-state index in [2.05, 4.69) is 0 Å². The molecule has 0 N–H and O–H groups in total. The van der Waals surface area contributed by atoms with Crippen molar-refractivity contribution in [1.29, 1.82) is 0 Å². The van der Waals surface area contributed by atoms with Gasteiger partial charge in [0.1, 0.15) is 9.84 Å². The second-order valence-corrected chi connectivity index (χ2v) is 9.30. The van der Waals surface area contributed by atoms with Crippen LogP contribution in [0.2, 0.25) is 0 Å². The molecular formula is C17H20F2N2O4S. The zero-order chi connectivity index (χ0) is 19.2. The zero-order valence-corrected chi connectivity index (χ0v) is 15.1. The van der Waals surface area contributed by atoms with Gasteiger partial charge in [0.15, 0.2) is 5.67 Å². The van der Waals surface area contributed by atoms with Crippen LogP contribution in [0.25, 0.3) is 0 Å². The Balaban J connectivity index is 1.71. The highest BCUT2D eigenvalue weighted by molar-refractivity contribution is 7.90. The Bertz CT molecular complexity index is 832. The van der Waals surface area contributed by atoms with E-state index >= 15 is 8.78 Å². The Hall–Kier alpha value is -2.03. The summed E-state index contributed by atoms with van der Waals surface area (Å²) >= 11 is 0. The van der Waals surface area contributed by atoms with Crippen LogP contribution in [0, 0.1) is 0 Å². The molecule has 0 aliphatic carbocycles. The monoisotopic (exact) mass is 386 g/mol. The molecule has 0 spiro atoms. The van der Waals surface area contributed by atoms with Crippen LogP contribution in [-0.2, 0) is 26.0 Å². The number of halogens is 2. The Morgan fingerprint density at radius 1 is 1.15 bits per heavy atom. The van der Waals surface area contributed by atoms with E-state index in [9.17, 15) is 18.0 Å². The minimum atomic E-state index is -3.36. The molecular weight excluding hydrogens is 366 g/mol. The summed E-state index contributed by atoms with van der Waals surface area (Å²) in [7, 11) is -3.36. The fourth-order valence-corrected chi connectivity index (χ4v) is 4.03. The molecule has 2 amide bonds. The molecule has 0 saturated carbocycles. The number of hydrogen-bond donors (Lipinski definition) is 0. The average Bonchev–Trinajstić information content (AvgIpc) is 2.92. The van der Waals surface area contributed by atoms with Gasteiger partial charge in [-0.05, 0) is 5.56 Å². The van der Waals surface area contributed by atoms with Gasteiger partial charge >= 0.3 is 0 Å². The maximum Gasteiger partial charge on any atom is 0.266 e. The van der Waals surface area contributed by atoms with Crippen molar-refractivity contribution in [2.45, 2.75) is 24.3 Å². The smallest absolute Gasteiger partial charge is 0.266 e. The van der Waals surface area contributed by atoms with Gasteiger partial charge in [-0.25, -0.2) is 17.2 Å². The van der Waals surface area contributed by atoms with Gasteiger partial charge in [-0.15, -0.1) is 0 Å². The molecule has 3 rings (SSSR count). The van der Waals surface area contributed by atoms with Crippen LogP contribution in [0.3, 0.4) is 0 Å². The highest BCUT2D eigenvalue weighted by Crippen LogP contribution is 2.46. The molecule has 142 valence electrons. The number of hydrogen-bond acceptors (Lipinski definition) is 4. The quantitative estimate of drug-likeness (QED) is 0.748. The van der Waals surface area contributed by atoms with Gasteiger partial charge in [0.25, 0.3) is 5.91 Å². The van der Waals surface area contributed by atoms with Crippen LogP contribution >= 0.6 is 0 Å². The first kappa shape index (κ1) is 18.8. The van der Waals surface area contributed by atoms with E-state index in [-0.39, 0.29) is 13.0 Å². The molecule has 0 aromatic heterocycles. The number of carbonyl (C=O) groups is 2. The molecule has 0 unspecified atom stereocenters. The van der Waals surface area contributed by atoms with Crippen molar-refractivity contribution >= 4 is 21.7 Å². The Kier molecular flexibility index (Phi) is 4.54. The number of nitrogens with zero attached hydrogens (tertiary/aromatic N) is 2. The summed E-state index contributed by atoms with van der Waals surface area (Å²) in [5, 5.41) is 0. The van der Waals surface area contributed by atoms with Crippen molar-refractivity contribution in [1.82, 2.24) is 9.80 Å². The van der Waals surface area contributed by atoms with Crippen LogP contribution in [0.4, 0.5) is 8.78 Å². The van der Waals surface area contributed by atoms with Crippen LogP contribution in [-0.4, -0.2) is 73.0 Å². The molecule has 2 atom stereocenters. The summed E-state index contributed by atoms with van der Waals surface area (Å²) in [6, 6.07) is 8.87. The first-order valence-corrected chi connectivity index (χ1v) is 10.3. The predicted octanol–water partition coefficient (Wildman–Crippen LogP) is 0.722. The molecule has 2 aliphatic heterocycles. The number of sulfone groups is 1. The van der Waals surface area contributed by atoms with Crippen molar-refractivity contribution in [2.24, 2.45) is 0 Å². The van der Waals surface area contributed by atoms with E-state index in [1.54, 1.807) is 30.3 Å². The lowest BCUT2D eigenvalue weighted by molar-refractivity contribution is -0.140. The standard InChI is InChI=1S/C17H20F2N2O4S/c1-26(24,25)8-7-14(22)21-11-16(18)10-20(15(23)17(16,19)12-21)9-13-5-3-2-4-6-13/h2-6H,7-12H2,1H3/t16-,17-/m1/s1. The summed E-state index contributed by atoms with van der Waals surface area (Å²) in [6.45, 7) is -1.58. The maximum absolute atomic E-state index is 15.2. The summed E-state index contributed by atoms with van der Waals surface area (Å²) in [4.78, 5) is 26.6. The van der Waals surface area contributed by atoms with E-state index in [1.807, 2.05) is 0 Å². The first-order valence-electron chi connectivity index (χ1n) is 8.21. The summed E-state index contributed by atoms with van der Waals surface area (Å²) in [5.41, 5.74) is -4.52. The van der Waals surface area contributed by atoms with Gasteiger partial charge in [0.05, 0.1) is 25.4 Å². The Morgan fingerprint density at radius 3 is 2.38 bits per heavy atom. The second-order valence-electron chi connectivity index (χ2n) is 7.04. The third-order valence-electron chi connectivity index (χ3n) is 4.88. The van der Waals surface area contributed by atoms with Crippen LogP contribution in [0.15, 0.2) is 30.3 Å². The SMILES string of the molecule is CS(=O)(=O)CCC(=O)N1C[C@]2(F)CN(Cc3ccccc3)C(=O)[C@]2(F)C1. The molecule has 0 radical (unpaired) electrons. The molecule has 0 bridgehead atoms. The lowest BCUT2D eigenvalue weighted by Crippen LogP contribution is -2.47.